The molecular formula is C19H20N2O4S. The monoisotopic (exact) mass is 372 g/mol. The standard InChI is InChI=1S/C19H20N2O4S/c1-12-9-18(13(2)8-17(12)25-3)26(23,24)20-11-15-10-14-6-4-5-7-16(14)21-19(15)22/h4-10,20H,11H2,1-3H3,(H,21,22). The van der Waals surface area contributed by atoms with E-state index in [4.69, 9.17) is 4.74 Å². The predicted molar refractivity (Wildman–Crippen MR) is 101 cm³/mol. The van der Waals surface area contributed by atoms with E-state index >= 15 is 0 Å². The number of methoxy groups -OCH3 is 1. The highest BCUT2D eigenvalue weighted by atomic mass is 32.2. The van der Waals surface area contributed by atoms with Crippen LogP contribution in [0.3, 0.4) is 0 Å². The first-order chi connectivity index (χ1) is 12.3. The molecule has 3 rings (SSSR count). The number of fused-ring (bicyclic) bond motifs is 1. The zero-order chi connectivity index (χ0) is 18.9. The number of aromatic amines is 1. The summed E-state index contributed by atoms with van der Waals surface area (Å²) < 4.78 is 33.1. The quantitative estimate of drug-likeness (QED) is 0.721. The van der Waals surface area contributed by atoms with E-state index in [9.17, 15) is 13.2 Å². The SMILES string of the molecule is COc1cc(C)c(S(=O)(=O)NCc2cc3ccccc3[nH]c2=O)cc1C. The smallest absolute Gasteiger partial charge is 0.252 e. The van der Waals surface area contributed by atoms with Crippen molar-refractivity contribution in [2.45, 2.75) is 25.3 Å². The molecule has 0 aliphatic carbocycles. The summed E-state index contributed by atoms with van der Waals surface area (Å²) in [4.78, 5) is 15.1. The van der Waals surface area contributed by atoms with Crippen LogP contribution in [0.2, 0.25) is 0 Å². The fraction of sp³-hybridized carbons (Fsp3) is 0.211. The fourth-order valence-corrected chi connectivity index (χ4v) is 4.16. The minimum Gasteiger partial charge on any atom is -0.496 e. The number of aromatic nitrogens is 1. The van der Waals surface area contributed by atoms with Gasteiger partial charge in [-0.25, -0.2) is 13.1 Å². The van der Waals surface area contributed by atoms with Gasteiger partial charge in [-0.2, -0.15) is 0 Å². The Labute approximate surface area is 151 Å². The van der Waals surface area contributed by atoms with Crippen molar-refractivity contribution in [2.24, 2.45) is 0 Å². The molecule has 0 spiro atoms. The molecule has 3 aromatic rings. The molecule has 0 atom stereocenters. The van der Waals surface area contributed by atoms with Gasteiger partial charge >= 0.3 is 0 Å². The number of ether oxygens (including phenoxy) is 1. The van der Waals surface area contributed by atoms with E-state index in [-0.39, 0.29) is 17.0 Å². The maximum Gasteiger partial charge on any atom is 0.252 e. The number of sulfonamides is 1. The van der Waals surface area contributed by atoms with E-state index in [2.05, 4.69) is 9.71 Å². The summed E-state index contributed by atoms with van der Waals surface area (Å²) in [5, 5.41) is 0.845. The molecule has 0 amide bonds. The van der Waals surface area contributed by atoms with Crippen LogP contribution in [0.15, 0.2) is 52.2 Å². The Balaban J connectivity index is 1.91. The predicted octanol–water partition coefficient (Wildman–Crippen LogP) is 2.63. The van der Waals surface area contributed by atoms with Crippen molar-refractivity contribution in [3.8, 4) is 5.75 Å². The lowest BCUT2D eigenvalue weighted by Gasteiger charge is -2.13. The van der Waals surface area contributed by atoms with Gasteiger partial charge in [0, 0.05) is 17.6 Å². The molecule has 26 heavy (non-hydrogen) atoms. The molecule has 7 heteroatoms. The number of hydrogen-bond donors (Lipinski definition) is 2. The zero-order valence-corrected chi connectivity index (χ0v) is 15.6. The Morgan fingerprint density at radius 3 is 2.54 bits per heavy atom. The number of H-pyrrole nitrogens is 1. The van der Waals surface area contributed by atoms with Gasteiger partial charge in [0.05, 0.1) is 12.0 Å². The number of pyridine rings is 1. The average molecular weight is 372 g/mol. The Morgan fingerprint density at radius 1 is 1.08 bits per heavy atom. The third-order valence-corrected chi connectivity index (χ3v) is 5.81. The maximum absolute atomic E-state index is 12.7. The average Bonchev–Trinajstić information content (AvgIpc) is 2.61. The summed E-state index contributed by atoms with van der Waals surface area (Å²) >= 11 is 0. The molecule has 0 bridgehead atoms. The lowest BCUT2D eigenvalue weighted by molar-refractivity contribution is 0.411. The second kappa shape index (κ2) is 6.93. The van der Waals surface area contributed by atoms with Gasteiger partial charge in [-0.3, -0.25) is 4.79 Å². The van der Waals surface area contributed by atoms with Crippen molar-refractivity contribution in [3.63, 3.8) is 0 Å². The van der Waals surface area contributed by atoms with Gasteiger partial charge in [0.25, 0.3) is 5.56 Å². The van der Waals surface area contributed by atoms with Crippen LogP contribution >= 0.6 is 0 Å². The summed E-state index contributed by atoms with van der Waals surface area (Å²) in [6, 6.07) is 12.3. The number of nitrogens with one attached hydrogen (secondary N) is 2. The van der Waals surface area contributed by atoms with Crippen molar-refractivity contribution < 1.29 is 13.2 Å². The van der Waals surface area contributed by atoms with E-state index in [1.165, 1.54) is 0 Å². The van der Waals surface area contributed by atoms with Gasteiger partial charge in [0.15, 0.2) is 0 Å². The molecule has 0 aliphatic heterocycles. The Hall–Kier alpha value is -2.64. The molecule has 0 unspecified atom stereocenters. The van der Waals surface area contributed by atoms with E-state index < -0.39 is 10.0 Å². The van der Waals surface area contributed by atoms with Gasteiger partial charge < -0.3 is 9.72 Å². The highest BCUT2D eigenvalue weighted by Crippen LogP contribution is 2.25. The molecule has 2 aromatic carbocycles. The van der Waals surface area contributed by atoms with Crippen LogP contribution < -0.4 is 15.0 Å². The first-order valence-electron chi connectivity index (χ1n) is 8.07. The van der Waals surface area contributed by atoms with Gasteiger partial charge in [-0.15, -0.1) is 0 Å². The molecule has 0 fully saturated rings. The van der Waals surface area contributed by atoms with Gasteiger partial charge in [-0.05, 0) is 54.6 Å². The molecule has 1 heterocycles. The normalized spacial score (nSPS) is 11.7. The number of hydrogen-bond acceptors (Lipinski definition) is 4. The number of aryl methyl sites for hydroxylation is 2. The molecule has 0 radical (unpaired) electrons. The minimum atomic E-state index is -3.76. The minimum absolute atomic E-state index is 0.0903. The Bertz CT molecular complexity index is 1130. The van der Waals surface area contributed by atoms with Crippen molar-refractivity contribution in [3.05, 3.63) is 69.5 Å². The first kappa shape index (κ1) is 18.2. The molecule has 6 nitrogen and oxygen atoms in total. The number of rotatable bonds is 5. The molecule has 1 aromatic heterocycles. The Morgan fingerprint density at radius 2 is 1.81 bits per heavy atom. The third-order valence-electron chi connectivity index (χ3n) is 4.26. The summed E-state index contributed by atoms with van der Waals surface area (Å²) in [6.07, 6.45) is 0. The zero-order valence-electron chi connectivity index (χ0n) is 14.8. The summed E-state index contributed by atoms with van der Waals surface area (Å²) in [6.45, 7) is 3.40. The van der Waals surface area contributed by atoms with Crippen molar-refractivity contribution >= 4 is 20.9 Å². The van der Waals surface area contributed by atoms with Crippen molar-refractivity contribution in [1.29, 1.82) is 0 Å². The summed E-state index contributed by atoms with van der Waals surface area (Å²) in [5.41, 5.74) is 2.06. The van der Waals surface area contributed by atoms with Gasteiger partial charge in [-0.1, -0.05) is 18.2 Å². The topological polar surface area (TPSA) is 88.3 Å². The van der Waals surface area contributed by atoms with E-state index in [1.807, 2.05) is 18.2 Å². The van der Waals surface area contributed by atoms with E-state index in [1.54, 1.807) is 45.2 Å². The van der Waals surface area contributed by atoms with Gasteiger partial charge in [0.1, 0.15) is 5.75 Å². The van der Waals surface area contributed by atoms with E-state index in [0.29, 0.717) is 22.4 Å². The molecule has 2 N–H and O–H groups in total. The largest absolute Gasteiger partial charge is 0.496 e. The lowest BCUT2D eigenvalue weighted by Crippen LogP contribution is -2.27. The second-order valence-corrected chi connectivity index (χ2v) is 7.86. The first-order valence-corrected chi connectivity index (χ1v) is 9.56. The van der Waals surface area contributed by atoms with Crippen LogP contribution in [-0.4, -0.2) is 20.5 Å². The molecule has 0 aliphatic rings. The number of para-hydroxylation sites is 1. The Kier molecular flexibility index (Phi) is 4.84. The third kappa shape index (κ3) is 3.49. The highest BCUT2D eigenvalue weighted by molar-refractivity contribution is 7.89. The van der Waals surface area contributed by atoms with Crippen LogP contribution in [0, 0.1) is 13.8 Å². The second-order valence-electron chi connectivity index (χ2n) is 6.12. The highest BCUT2D eigenvalue weighted by Gasteiger charge is 2.19. The van der Waals surface area contributed by atoms with Crippen LogP contribution in [0.25, 0.3) is 10.9 Å². The van der Waals surface area contributed by atoms with Crippen molar-refractivity contribution in [1.82, 2.24) is 9.71 Å². The molecular weight excluding hydrogens is 352 g/mol. The maximum atomic E-state index is 12.7. The van der Waals surface area contributed by atoms with Crippen LogP contribution in [0.4, 0.5) is 0 Å². The van der Waals surface area contributed by atoms with Crippen LogP contribution in [0.5, 0.6) is 5.75 Å². The fourth-order valence-electron chi connectivity index (χ4n) is 2.85. The van der Waals surface area contributed by atoms with Crippen molar-refractivity contribution in [2.75, 3.05) is 7.11 Å². The number of benzene rings is 2. The van der Waals surface area contributed by atoms with Gasteiger partial charge in [0.2, 0.25) is 10.0 Å². The van der Waals surface area contributed by atoms with E-state index in [0.717, 1.165) is 10.9 Å². The summed E-state index contributed by atoms with van der Waals surface area (Å²) in [7, 11) is -2.22. The lowest BCUT2D eigenvalue weighted by atomic mass is 10.1. The molecule has 0 saturated heterocycles. The van der Waals surface area contributed by atoms with Crippen LogP contribution in [0.1, 0.15) is 16.7 Å². The van der Waals surface area contributed by atoms with Crippen LogP contribution in [-0.2, 0) is 16.6 Å². The molecule has 0 saturated carbocycles. The summed E-state index contributed by atoms with van der Waals surface area (Å²) in [5.74, 6) is 0.632. The molecule has 136 valence electrons.